The number of aromatic amines is 1. The number of fused-ring (bicyclic) bond motifs is 1. The van der Waals surface area contributed by atoms with Crippen molar-refractivity contribution < 1.29 is 0 Å². The number of hydrogen-bond donors (Lipinski definition) is 2. The standard InChI is InChI=1S/C15H18N4S/c1-11(16-8-4-7-15-17-10-18-19-15)14-9-12-5-2-3-6-13(12)20-14/h2-3,5-6,9-11,16H,4,7-8H2,1H3,(H,17,18,19). The van der Waals surface area contributed by atoms with Crippen molar-refractivity contribution in [1.29, 1.82) is 0 Å². The molecule has 0 aliphatic carbocycles. The molecule has 0 bridgehead atoms. The summed E-state index contributed by atoms with van der Waals surface area (Å²) < 4.78 is 1.36. The molecule has 5 heteroatoms. The first-order valence-electron chi connectivity index (χ1n) is 6.89. The number of nitrogens with zero attached hydrogens (tertiary/aromatic N) is 2. The SMILES string of the molecule is CC(NCCCc1ncn[nH]1)c1cc2ccccc2s1. The summed E-state index contributed by atoms with van der Waals surface area (Å²) in [5.41, 5.74) is 0. The van der Waals surface area contributed by atoms with E-state index in [9.17, 15) is 0 Å². The van der Waals surface area contributed by atoms with Crippen LogP contribution in [-0.2, 0) is 6.42 Å². The average Bonchev–Trinajstić information content (AvgIpc) is 3.12. The van der Waals surface area contributed by atoms with Gasteiger partial charge in [0.2, 0.25) is 0 Å². The molecule has 2 heterocycles. The van der Waals surface area contributed by atoms with E-state index in [0.717, 1.165) is 25.2 Å². The number of benzene rings is 1. The number of thiophene rings is 1. The third-order valence-corrected chi connectivity index (χ3v) is 4.68. The van der Waals surface area contributed by atoms with Gasteiger partial charge in [0.25, 0.3) is 0 Å². The number of rotatable bonds is 6. The van der Waals surface area contributed by atoms with Gasteiger partial charge in [-0.2, -0.15) is 5.10 Å². The van der Waals surface area contributed by atoms with E-state index in [1.54, 1.807) is 6.33 Å². The maximum atomic E-state index is 4.13. The summed E-state index contributed by atoms with van der Waals surface area (Å²) in [4.78, 5) is 5.52. The molecule has 0 saturated carbocycles. The van der Waals surface area contributed by atoms with Crippen LogP contribution in [0.25, 0.3) is 10.1 Å². The van der Waals surface area contributed by atoms with Crippen LogP contribution in [-0.4, -0.2) is 21.7 Å². The molecule has 0 aliphatic rings. The molecule has 3 rings (SSSR count). The van der Waals surface area contributed by atoms with Crippen LogP contribution in [0.1, 0.15) is 30.1 Å². The van der Waals surface area contributed by atoms with E-state index in [-0.39, 0.29) is 0 Å². The van der Waals surface area contributed by atoms with Gasteiger partial charge in [0, 0.05) is 22.0 Å². The Hall–Kier alpha value is -1.72. The Morgan fingerprint density at radius 3 is 3.05 bits per heavy atom. The lowest BCUT2D eigenvalue weighted by Gasteiger charge is -2.11. The number of aromatic nitrogens is 3. The highest BCUT2D eigenvalue weighted by Gasteiger charge is 2.08. The normalized spacial score (nSPS) is 12.8. The van der Waals surface area contributed by atoms with Gasteiger partial charge in [-0.1, -0.05) is 18.2 Å². The molecule has 104 valence electrons. The van der Waals surface area contributed by atoms with Crippen molar-refractivity contribution in [1.82, 2.24) is 20.5 Å². The van der Waals surface area contributed by atoms with E-state index in [0.29, 0.717) is 6.04 Å². The zero-order valence-electron chi connectivity index (χ0n) is 11.5. The number of H-pyrrole nitrogens is 1. The van der Waals surface area contributed by atoms with Crippen LogP contribution in [0.2, 0.25) is 0 Å². The van der Waals surface area contributed by atoms with Gasteiger partial charge in [0.15, 0.2) is 0 Å². The van der Waals surface area contributed by atoms with E-state index >= 15 is 0 Å². The van der Waals surface area contributed by atoms with Crippen LogP contribution in [0.5, 0.6) is 0 Å². The Kier molecular flexibility index (Phi) is 4.08. The predicted molar refractivity (Wildman–Crippen MR) is 82.9 cm³/mol. The van der Waals surface area contributed by atoms with Gasteiger partial charge in [-0.25, -0.2) is 4.98 Å². The molecule has 20 heavy (non-hydrogen) atoms. The summed E-state index contributed by atoms with van der Waals surface area (Å²) >= 11 is 1.87. The second-order valence-corrected chi connectivity index (χ2v) is 6.01. The lowest BCUT2D eigenvalue weighted by Crippen LogP contribution is -2.19. The molecule has 0 fully saturated rings. The van der Waals surface area contributed by atoms with Gasteiger partial charge in [-0.15, -0.1) is 11.3 Å². The molecule has 3 aromatic rings. The van der Waals surface area contributed by atoms with E-state index in [1.165, 1.54) is 15.0 Å². The fraction of sp³-hybridized carbons (Fsp3) is 0.333. The Labute approximate surface area is 122 Å². The minimum Gasteiger partial charge on any atom is -0.309 e. The molecule has 1 unspecified atom stereocenters. The summed E-state index contributed by atoms with van der Waals surface area (Å²) in [6, 6.07) is 11.2. The molecular weight excluding hydrogens is 268 g/mol. The number of nitrogens with one attached hydrogen (secondary N) is 2. The lowest BCUT2D eigenvalue weighted by molar-refractivity contribution is 0.561. The third kappa shape index (κ3) is 3.05. The molecule has 1 aromatic carbocycles. The summed E-state index contributed by atoms with van der Waals surface area (Å²) in [6.45, 7) is 3.20. The van der Waals surface area contributed by atoms with Gasteiger partial charge in [0.1, 0.15) is 12.2 Å². The smallest absolute Gasteiger partial charge is 0.137 e. The monoisotopic (exact) mass is 286 g/mol. The van der Waals surface area contributed by atoms with Crippen LogP contribution in [0, 0.1) is 0 Å². The molecule has 4 nitrogen and oxygen atoms in total. The maximum absolute atomic E-state index is 4.13. The molecular formula is C15H18N4S. The molecule has 0 spiro atoms. The quantitative estimate of drug-likeness (QED) is 0.684. The lowest BCUT2D eigenvalue weighted by atomic mass is 10.2. The van der Waals surface area contributed by atoms with Gasteiger partial charge in [-0.3, -0.25) is 5.10 Å². The Morgan fingerprint density at radius 2 is 2.25 bits per heavy atom. The molecule has 0 saturated heterocycles. The molecule has 2 N–H and O–H groups in total. The van der Waals surface area contributed by atoms with Crippen molar-refractivity contribution >= 4 is 21.4 Å². The minimum absolute atomic E-state index is 0.391. The van der Waals surface area contributed by atoms with Crippen molar-refractivity contribution in [3.8, 4) is 0 Å². The van der Waals surface area contributed by atoms with Gasteiger partial charge < -0.3 is 5.32 Å². The van der Waals surface area contributed by atoms with Crippen LogP contribution >= 0.6 is 11.3 Å². The summed E-state index contributed by atoms with van der Waals surface area (Å²) in [7, 11) is 0. The highest BCUT2D eigenvalue weighted by atomic mass is 32.1. The fourth-order valence-electron chi connectivity index (χ4n) is 2.24. The zero-order chi connectivity index (χ0) is 13.8. The highest BCUT2D eigenvalue weighted by molar-refractivity contribution is 7.19. The van der Waals surface area contributed by atoms with Crippen molar-refractivity contribution in [2.45, 2.75) is 25.8 Å². The summed E-state index contributed by atoms with van der Waals surface area (Å²) in [6.07, 6.45) is 3.55. The summed E-state index contributed by atoms with van der Waals surface area (Å²) in [5.74, 6) is 0.960. The molecule has 2 aromatic heterocycles. The Morgan fingerprint density at radius 1 is 1.35 bits per heavy atom. The van der Waals surface area contributed by atoms with Crippen molar-refractivity contribution in [3.05, 3.63) is 47.4 Å². The molecule has 0 radical (unpaired) electrons. The van der Waals surface area contributed by atoms with E-state index in [4.69, 9.17) is 0 Å². The van der Waals surface area contributed by atoms with Gasteiger partial charge >= 0.3 is 0 Å². The number of aryl methyl sites for hydroxylation is 1. The van der Waals surface area contributed by atoms with Gasteiger partial charge in [-0.05, 0) is 37.4 Å². The second kappa shape index (κ2) is 6.15. The first-order valence-corrected chi connectivity index (χ1v) is 7.70. The van der Waals surface area contributed by atoms with Crippen LogP contribution in [0.3, 0.4) is 0 Å². The fourth-order valence-corrected chi connectivity index (χ4v) is 3.33. The molecule has 1 atom stereocenters. The predicted octanol–water partition coefficient (Wildman–Crippen LogP) is 3.30. The van der Waals surface area contributed by atoms with E-state index < -0.39 is 0 Å². The topological polar surface area (TPSA) is 53.6 Å². The molecule has 0 aliphatic heterocycles. The third-order valence-electron chi connectivity index (χ3n) is 3.38. The van der Waals surface area contributed by atoms with Crippen LogP contribution in [0.15, 0.2) is 36.7 Å². The van der Waals surface area contributed by atoms with Crippen LogP contribution in [0.4, 0.5) is 0 Å². The van der Waals surface area contributed by atoms with Gasteiger partial charge in [0.05, 0.1) is 0 Å². The van der Waals surface area contributed by atoms with E-state index in [2.05, 4.69) is 57.8 Å². The average molecular weight is 286 g/mol. The first kappa shape index (κ1) is 13.3. The molecule has 0 amide bonds. The van der Waals surface area contributed by atoms with E-state index in [1.807, 2.05) is 11.3 Å². The van der Waals surface area contributed by atoms with Crippen molar-refractivity contribution in [2.75, 3.05) is 6.54 Å². The second-order valence-electron chi connectivity index (χ2n) is 4.90. The Balaban J connectivity index is 1.52. The minimum atomic E-state index is 0.391. The number of hydrogen-bond acceptors (Lipinski definition) is 4. The Bertz CT molecular complexity index is 626. The highest BCUT2D eigenvalue weighted by Crippen LogP contribution is 2.29. The summed E-state index contributed by atoms with van der Waals surface area (Å²) in [5, 5.41) is 11.6. The van der Waals surface area contributed by atoms with Crippen molar-refractivity contribution in [3.63, 3.8) is 0 Å². The van der Waals surface area contributed by atoms with Crippen molar-refractivity contribution in [2.24, 2.45) is 0 Å². The zero-order valence-corrected chi connectivity index (χ0v) is 12.3. The maximum Gasteiger partial charge on any atom is 0.137 e. The largest absolute Gasteiger partial charge is 0.309 e. The first-order chi connectivity index (χ1) is 9.83. The van der Waals surface area contributed by atoms with Crippen LogP contribution < -0.4 is 5.32 Å².